The number of nitrogens with one attached hydrogen (secondary N) is 1. The summed E-state index contributed by atoms with van der Waals surface area (Å²) in [5.41, 5.74) is 3.60. The Morgan fingerprint density at radius 1 is 0.906 bits per heavy atom. The number of benzene rings is 3. The Morgan fingerprint density at radius 2 is 1.59 bits per heavy atom. The van der Waals surface area contributed by atoms with Crippen molar-refractivity contribution in [2.75, 3.05) is 6.61 Å². The van der Waals surface area contributed by atoms with E-state index in [1.165, 1.54) is 0 Å². The number of rotatable bonds is 8. The summed E-state index contributed by atoms with van der Waals surface area (Å²) in [7, 11) is 0. The van der Waals surface area contributed by atoms with Crippen molar-refractivity contribution < 1.29 is 14.3 Å². The standard InChI is InChI=1S/C28H33NO3/c1-6-31-25-17-16-22(27(30)29-20(2)21-12-8-7-9-13-21)18-23(25)19-32-26-15-11-10-14-24(26)28(3,4)5/h7-18,20H,6,19H2,1-5H3,(H,29,30)/t20-/m0/s1. The molecule has 168 valence electrons. The summed E-state index contributed by atoms with van der Waals surface area (Å²) in [5.74, 6) is 1.45. The van der Waals surface area contributed by atoms with Crippen molar-refractivity contribution in [3.63, 3.8) is 0 Å². The van der Waals surface area contributed by atoms with Gasteiger partial charge in [0.15, 0.2) is 0 Å². The van der Waals surface area contributed by atoms with Gasteiger partial charge in [-0.1, -0.05) is 69.3 Å². The van der Waals surface area contributed by atoms with Crippen LogP contribution in [0.3, 0.4) is 0 Å². The molecule has 0 bridgehead atoms. The van der Waals surface area contributed by atoms with Crippen molar-refractivity contribution in [3.05, 3.63) is 95.1 Å². The normalized spacial score (nSPS) is 12.2. The van der Waals surface area contributed by atoms with E-state index in [0.29, 0.717) is 18.8 Å². The van der Waals surface area contributed by atoms with Crippen LogP contribution in [0.25, 0.3) is 0 Å². The lowest BCUT2D eigenvalue weighted by Gasteiger charge is -2.23. The average Bonchev–Trinajstić information content (AvgIpc) is 2.78. The summed E-state index contributed by atoms with van der Waals surface area (Å²) in [6.07, 6.45) is 0. The molecule has 1 amide bonds. The summed E-state index contributed by atoms with van der Waals surface area (Å²) in [5, 5.41) is 3.07. The minimum Gasteiger partial charge on any atom is -0.493 e. The SMILES string of the molecule is CCOc1ccc(C(=O)N[C@@H](C)c2ccccc2)cc1COc1ccccc1C(C)(C)C. The molecule has 1 atom stereocenters. The number of carbonyl (C=O) groups excluding carboxylic acids is 1. The summed E-state index contributed by atoms with van der Waals surface area (Å²) in [6, 6.07) is 23.4. The predicted molar refractivity (Wildman–Crippen MR) is 129 cm³/mol. The van der Waals surface area contributed by atoms with Crippen LogP contribution in [0.1, 0.15) is 67.7 Å². The van der Waals surface area contributed by atoms with E-state index in [4.69, 9.17) is 9.47 Å². The Bertz CT molecular complexity index is 1040. The molecule has 0 aliphatic rings. The van der Waals surface area contributed by atoms with Crippen molar-refractivity contribution in [2.24, 2.45) is 0 Å². The van der Waals surface area contributed by atoms with E-state index in [0.717, 1.165) is 28.2 Å². The Balaban J connectivity index is 1.80. The van der Waals surface area contributed by atoms with Gasteiger partial charge in [-0.05, 0) is 54.7 Å². The molecule has 3 aromatic carbocycles. The van der Waals surface area contributed by atoms with Gasteiger partial charge in [-0.25, -0.2) is 0 Å². The third-order valence-electron chi connectivity index (χ3n) is 5.35. The second-order valence-corrected chi connectivity index (χ2v) is 8.90. The zero-order chi connectivity index (χ0) is 23.1. The molecule has 0 saturated heterocycles. The van der Waals surface area contributed by atoms with E-state index in [2.05, 4.69) is 32.2 Å². The van der Waals surface area contributed by atoms with E-state index >= 15 is 0 Å². The van der Waals surface area contributed by atoms with Crippen LogP contribution in [0.15, 0.2) is 72.8 Å². The molecule has 0 aliphatic heterocycles. The van der Waals surface area contributed by atoms with Crippen LogP contribution in [0.2, 0.25) is 0 Å². The molecule has 3 rings (SSSR count). The Hall–Kier alpha value is -3.27. The number of ether oxygens (including phenoxy) is 2. The molecule has 0 aliphatic carbocycles. The van der Waals surface area contributed by atoms with Crippen molar-refractivity contribution in [2.45, 2.75) is 52.7 Å². The Morgan fingerprint density at radius 3 is 2.28 bits per heavy atom. The lowest BCUT2D eigenvalue weighted by atomic mass is 9.86. The zero-order valence-corrected chi connectivity index (χ0v) is 19.6. The highest BCUT2D eigenvalue weighted by Gasteiger charge is 2.19. The number of carbonyl (C=O) groups is 1. The summed E-state index contributed by atoms with van der Waals surface area (Å²) in [6.45, 7) is 11.3. The molecule has 0 spiro atoms. The van der Waals surface area contributed by atoms with E-state index in [9.17, 15) is 4.79 Å². The Labute approximate surface area is 191 Å². The third kappa shape index (κ3) is 5.91. The minimum atomic E-state index is -0.124. The molecule has 0 heterocycles. The lowest BCUT2D eigenvalue weighted by Crippen LogP contribution is -2.26. The van der Waals surface area contributed by atoms with Gasteiger partial charge in [-0.2, -0.15) is 0 Å². The molecule has 4 heteroatoms. The van der Waals surface area contributed by atoms with E-state index in [1.807, 2.05) is 74.5 Å². The molecule has 0 fully saturated rings. The van der Waals surface area contributed by atoms with Crippen molar-refractivity contribution in [1.29, 1.82) is 0 Å². The smallest absolute Gasteiger partial charge is 0.251 e. The van der Waals surface area contributed by atoms with Gasteiger partial charge in [0.2, 0.25) is 0 Å². The maximum atomic E-state index is 12.9. The summed E-state index contributed by atoms with van der Waals surface area (Å²) < 4.78 is 12.0. The maximum absolute atomic E-state index is 12.9. The molecule has 3 aromatic rings. The lowest BCUT2D eigenvalue weighted by molar-refractivity contribution is 0.0939. The van der Waals surface area contributed by atoms with Crippen molar-refractivity contribution >= 4 is 5.91 Å². The first-order chi connectivity index (χ1) is 15.3. The molecule has 0 radical (unpaired) electrons. The van der Waals surface area contributed by atoms with Gasteiger partial charge < -0.3 is 14.8 Å². The largest absolute Gasteiger partial charge is 0.493 e. The topological polar surface area (TPSA) is 47.6 Å². The maximum Gasteiger partial charge on any atom is 0.251 e. The van der Waals surface area contributed by atoms with Gasteiger partial charge in [0.25, 0.3) is 5.91 Å². The van der Waals surface area contributed by atoms with Crippen LogP contribution in [0, 0.1) is 0 Å². The van der Waals surface area contributed by atoms with Crippen LogP contribution < -0.4 is 14.8 Å². The molecule has 4 nitrogen and oxygen atoms in total. The van der Waals surface area contributed by atoms with Gasteiger partial charge >= 0.3 is 0 Å². The fourth-order valence-electron chi connectivity index (χ4n) is 3.60. The van der Waals surface area contributed by atoms with E-state index in [1.54, 1.807) is 6.07 Å². The summed E-state index contributed by atoms with van der Waals surface area (Å²) in [4.78, 5) is 12.9. The monoisotopic (exact) mass is 431 g/mol. The predicted octanol–water partition coefficient (Wildman–Crippen LogP) is 6.45. The number of hydrogen-bond donors (Lipinski definition) is 1. The number of hydrogen-bond acceptors (Lipinski definition) is 3. The minimum absolute atomic E-state index is 0.0331. The quantitative estimate of drug-likeness (QED) is 0.446. The third-order valence-corrected chi connectivity index (χ3v) is 5.35. The average molecular weight is 432 g/mol. The zero-order valence-electron chi connectivity index (χ0n) is 19.6. The van der Waals surface area contributed by atoms with Gasteiger partial charge in [-0.15, -0.1) is 0 Å². The van der Waals surface area contributed by atoms with Crippen LogP contribution in [0.4, 0.5) is 0 Å². The number of para-hydroxylation sites is 1. The molecule has 32 heavy (non-hydrogen) atoms. The highest BCUT2D eigenvalue weighted by Crippen LogP contribution is 2.32. The highest BCUT2D eigenvalue weighted by atomic mass is 16.5. The van der Waals surface area contributed by atoms with Gasteiger partial charge in [0.05, 0.1) is 12.6 Å². The van der Waals surface area contributed by atoms with Crippen molar-refractivity contribution in [3.8, 4) is 11.5 Å². The van der Waals surface area contributed by atoms with Gasteiger partial charge in [0.1, 0.15) is 18.1 Å². The first-order valence-electron chi connectivity index (χ1n) is 11.1. The highest BCUT2D eigenvalue weighted by molar-refractivity contribution is 5.94. The van der Waals surface area contributed by atoms with E-state index in [-0.39, 0.29) is 17.4 Å². The number of amides is 1. The van der Waals surface area contributed by atoms with Crippen molar-refractivity contribution in [1.82, 2.24) is 5.32 Å². The van der Waals surface area contributed by atoms with Crippen LogP contribution in [0.5, 0.6) is 11.5 Å². The molecule has 0 aromatic heterocycles. The first-order valence-corrected chi connectivity index (χ1v) is 11.1. The molecular formula is C28H33NO3. The first kappa shape index (κ1) is 23.4. The summed E-state index contributed by atoms with van der Waals surface area (Å²) >= 11 is 0. The molecular weight excluding hydrogens is 398 g/mol. The van der Waals surface area contributed by atoms with Crippen LogP contribution in [-0.4, -0.2) is 12.5 Å². The van der Waals surface area contributed by atoms with Gasteiger partial charge in [0, 0.05) is 11.1 Å². The van der Waals surface area contributed by atoms with Crippen LogP contribution in [-0.2, 0) is 12.0 Å². The van der Waals surface area contributed by atoms with E-state index < -0.39 is 0 Å². The van der Waals surface area contributed by atoms with Gasteiger partial charge in [-0.3, -0.25) is 4.79 Å². The Kier molecular flexibility index (Phi) is 7.57. The second kappa shape index (κ2) is 10.4. The molecule has 0 saturated carbocycles. The second-order valence-electron chi connectivity index (χ2n) is 8.90. The molecule has 1 N–H and O–H groups in total. The fraction of sp³-hybridized carbons (Fsp3) is 0.321. The molecule has 0 unspecified atom stereocenters. The van der Waals surface area contributed by atoms with Crippen LogP contribution >= 0.6 is 0 Å². The fourth-order valence-corrected chi connectivity index (χ4v) is 3.60.